The Morgan fingerprint density at radius 1 is 1.10 bits per heavy atom. The van der Waals surface area contributed by atoms with Gasteiger partial charge in [0.1, 0.15) is 17.5 Å². The highest BCUT2D eigenvalue weighted by Gasteiger charge is 2.18. The third-order valence-corrected chi connectivity index (χ3v) is 6.32. The molecule has 1 heterocycles. The molecular weight excluding hydrogens is 412 g/mol. The molecule has 1 aromatic heterocycles. The first kappa shape index (κ1) is 21.6. The number of nitrogens with one attached hydrogen (secondary N) is 1. The van der Waals surface area contributed by atoms with E-state index in [1.54, 1.807) is 19.1 Å². The van der Waals surface area contributed by atoms with E-state index < -0.39 is 27.4 Å². The predicted octanol–water partition coefficient (Wildman–Crippen LogP) is 3.63. The zero-order chi connectivity index (χ0) is 21.9. The molecule has 9 heteroatoms. The number of rotatable bonds is 7. The Kier molecular flexibility index (Phi) is 6.31. The lowest BCUT2D eigenvalue weighted by atomic mass is 10.2. The predicted molar refractivity (Wildman–Crippen MR) is 109 cm³/mol. The molecule has 2 aromatic carbocycles. The molecule has 0 atom stereocenters. The fourth-order valence-electron chi connectivity index (χ4n) is 2.87. The summed E-state index contributed by atoms with van der Waals surface area (Å²) >= 11 is 0. The normalized spacial score (nSPS) is 11.5. The summed E-state index contributed by atoms with van der Waals surface area (Å²) in [4.78, 5) is 12.5. The smallest absolute Gasteiger partial charge is 0.226 e. The minimum Gasteiger partial charge on any atom is -0.311 e. The maximum Gasteiger partial charge on any atom is 0.226 e. The fourth-order valence-corrected chi connectivity index (χ4v) is 4.11. The standard InChI is InChI=1S/C21H21F2N3O3S/c1-14-3-6-18(7-4-14)30(28,29)10-9-20(27)25-21-15(2)12-24-26(21)13-16-11-17(22)5-8-19(16)23/h3-8,11-12H,9-10,13H2,1-2H3,(H,25,27). The second kappa shape index (κ2) is 8.74. The van der Waals surface area contributed by atoms with Gasteiger partial charge in [-0.25, -0.2) is 21.9 Å². The van der Waals surface area contributed by atoms with Crippen molar-refractivity contribution in [1.82, 2.24) is 9.78 Å². The molecule has 0 radical (unpaired) electrons. The summed E-state index contributed by atoms with van der Waals surface area (Å²) < 4.78 is 53.5. The monoisotopic (exact) mass is 433 g/mol. The number of aromatic nitrogens is 2. The van der Waals surface area contributed by atoms with Crippen LogP contribution >= 0.6 is 0 Å². The van der Waals surface area contributed by atoms with E-state index in [-0.39, 0.29) is 29.2 Å². The summed E-state index contributed by atoms with van der Waals surface area (Å²) in [5, 5.41) is 6.72. The lowest BCUT2D eigenvalue weighted by Crippen LogP contribution is -2.20. The molecule has 0 saturated heterocycles. The summed E-state index contributed by atoms with van der Waals surface area (Å²) in [5.74, 6) is -1.74. The van der Waals surface area contributed by atoms with E-state index in [1.165, 1.54) is 23.0 Å². The molecule has 3 rings (SSSR count). The van der Waals surface area contributed by atoms with Gasteiger partial charge < -0.3 is 5.32 Å². The molecule has 0 bridgehead atoms. The minimum absolute atomic E-state index is 0.0792. The highest BCUT2D eigenvalue weighted by Crippen LogP contribution is 2.19. The highest BCUT2D eigenvalue weighted by atomic mass is 32.2. The lowest BCUT2D eigenvalue weighted by molar-refractivity contribution is -0.115. The van der Waals surface area contributed by atoms with Crippen LogP contribution in [0.25, 0.3) is 0 Å². The number of anilines is 1. The first-order valence-electron chi connectivity index (χ1n) is 9.21. The van der Waals surface area contributed by atoms with Gasteiger partial charge in [-0.05, 0) is 44.2 Å². The lowest BCUT2D eigenvalue weighted by Gasteiger charge is -2.11. The number of sulfone groups is 1. The number of carbonyl (C=O) groups excluding carboxylic acids is 1. The van der Waals surface area contributed by atoms with Gasteiger partial charge in [-0.1, -0.05) is 17.7 Å². The number of nitrogens with zero attached hydrogens (tertiary/aromatic N) is 2. The Hall–Kier alpha value is -3.07. The van der Waals surface area contributed by atoms with Crippen LogP contribution in [-0.4, -0.2) is 29.9 Å². The van der Waals surface area contributed by atoms with Crippen molar-refractivity contribution in [2.24, 2.45) is 0 Å². The van der Waals surface area contributed by atoms with Gasteiger partial charge in [0.05, 0.1) is 23.4 Å². The molecule has 6 nitrogen and oxygen atoms in total. The Labute approximate surface area is 173 Å². The summed E-state index contributed by atoms with van der Waals surface area (Å²) in [6.45, 7) is 3.46. The highest BCUT2D eigenvalue weighted by molar-refractivity contribution is 7.91. The Morgan fingerprint density at radius 2 is 1.80 bits per heavy atom. The van der Waals surface area contributed by atoms with Crippen molar-refractivity contribution in [2.45, 2.75) is 31.7 Å². The average molecular weight is 433 g/mol. The second-order valence-corrected chi connectivity index (χ2v) is 9.11. The quantitative estimate of drug-likeness (QED) is 0.617. The summed E-state index contributed by atoms with van der Waals surface area (Å²) in [6, 6.07) is 9.51. The van der Waals surface area contributed by atoms with Gasteiger partial charge in [0.25, 0.3) is 0 Å². The third-order valence-electron chi connectivity index (χ3n) is 4.59. The van der Waals surface area contributed by atoms with Crippen molar-refractivity contribution < 1.29 is 22.0 Å². The van der Waals surface area contributed by atoms with Crippen LogP contribution in [0, 0.1) is 25.5 Å². The van der Waals surface area contributed by atoms with E-state index >= 15 is 0 Å². The van der Waals surface area contributed by atoms with Crippen LogP contribution < -0.4 is 5.32 Å². The largest absolute Gasteiger partial charge is 0.311 e. The van der Waals surface area contributed by atoms with Crippen molar-refractivity contribution in [1.29, 1.82) is 0 Å². The minimum atomic E-state index is -3.60. The average Bonchev–Trinajstić information content (AvgIpc) is 3.03. The van der Waals surface area contributed by atoms with Gasteiger partial charge in [-0.2, -0.15) is 5.10 Å². The zero-order valence-electron chi connectivity index (χ0n) is 16.5. The number of halogens is 2. The van der Waals surface area contributed by atoms with Crippen molar-refractivity contribution in [2.75, 3.05) is 11.1 Å². The molecule has 0 spiro atoms. The van der Waals surface area contributed by atoms with Crippen molar-refractivity contribution in [3.8, 4) is 0 Å². The molecular formula is C21H21F2N3O3S. The summed E-state index contributed by atoms with van der Waals surface area (Å²) in [6.07, 6.45) is 1.23. The van der Waals surface area contributed by atoms with E-state index in [1.807, 2.05) is 6.92 Å². The number of carbonyl (C=O) groups is 1. The molecule has 0 aliphatic heterocycles. The van der Waals surface area contributed by atoms with Crippen LogP contribution in [-0.2, 0) is 21.2 Å². The Morgan fingerprint density at radius 3 is 2.50 bits per heavy atom. The molecule has 0 unspecified atom stereocenters. The maximum atomic E-state index is 13.9. The van der Waals surface area contributed by atoms with Crippen LogP contribution in [0.15, 0.2) is 53.6 Å². The molecule has 1 N–H and O–H groups in total. The van der Waals surface area contributed by atoms with Crippen LogP contribution in [0.2, 0.25) is 0 Å². The molecule has 0 saturated carbocycles. The van der Waals surface area contributed by atoms with Gasteiger partial charge in [0.15, 0.2) is 9.84 Å². The number of benzene rings is 2. The van der Waals surface area contributed by atoms with Crippen LogP contribution in [0.1, 0.15) is 23.1 Å². The maximum absolute atomic E-state index is 13.9. The molecule has 3 aromatic rings. The molecule has 0 aliphatic rings. The van der Waals surface area contributed by atoms with Crippen molar-refractivity contribution >= 4 is 21.6 Å². The van der Waals surface area contributed by atoms with Gasteiger partial charge in [-0.3, -0.25) is 4.79 Å². The first-order valence-corrected chi connectivity index (χ1v) is 10.9. The second-order valence-electron chi connectivity index (χ2n) is 7.00. The number of hydrogen-bond acceptors (Lipinski definition) is 4. The molecule has 30 heavy (non-hydrogen) atoms. The zero-order valence-corrected chi connectivity index (χ0v) is 17.3. The van der Waals surface area contributed by atoms with E-state index in [9.17, 15) is 22.0 Å². The van der Waals surface area contributed by atoms with E-state index in [0.29, 0.717) is 11.4 Å². The molecule has 158 valence electrons. The van der Waals surface area contributed by atoms with Crippen molar-refractivity contribution in [3.05, 3.63) is 77.0 Å². The van der Waals surface area contributed by atoms with Gasteiger partial charge in [0.2, 0.25) is 5.91 Å². The van der Waals surface area contributed by atoms with E-state index in [0.717, 1.165) is 23.8 Å². The summed E-state index contributed by atoms with van der Waals surface area (Å²) in [7, 11) is -3.60. The molecule has 0 aliphatic carbocycles. The number of amides is 1. The Balaban J connectivity index is 1.69. The SMILES string of the molecule is Cc1ccc(S(=O)(=O)CCC(=O)Nc2c(C)cnn2Cc2cc(F)ccc2F)cc1. The van der Waals surface area contributed by atoms with E-state index in [4.69, 9.17) is 0 Å². The summed E-state index contributed by atoms with van der Waals surface area (Å²) in [5.41, 5.74) is 1.63. The molecule has 1 amide bonds. The van der Waals surface area contributed by atoms with E-state index in [2.05, 4.69) is 10.4 Å². The van der Waals surface area contributed by atoms with Crippen LogP contribution in [0.5, 0.6) is 0 Å². The number of aryl methyl sites for hydroxylation is 2. The topological polar surface area (TPSA) is 81.1 Å². The van der Waals surface area contributed by atoms with Gasteiger partial charge in [0, 0.05) is 17.5 Å². The Bertz CT molecular complexity index is 1170. The molecule has 0 fully saturated rings. The first-order chi connectivity index (χ1) is 14.2. The van der Waals surface area contributed by atoms with Crippen molar-refractivity contribution in [3.63, 3.8) is 0 Å². The van der Waals surface area contributed by atoms with Crippen LogP contribution in [0.3, 0.4) is 0 Å². The third kappa shape index (κ3) is 5.10. The number of hydrogen-bond donors (Lipinski definition) is 1. The fraction of sp³-hybridized carbons (Fsp3) is 0.238. The van der Waals surface area contributed by atoms with Gasteiger partial charge >= 0.3 is 0 Å². The van der Waals surface area contributed by atoms with Gasteiger partial charge in [-0.15, -0.1) is 0 Å². The van der Waals surface area contributed by atoms with Crippen LogP contribution in [0.4, 0.5) is 14.6 Å².